The molecule has 0 radical (unpaired) electrons. The fraction of sp³-hybridized carbons (Fsp3) is 0.417. The Kier molecular flexibility index (Phi) is 4.69. The Bertz CT molecular complexity index is 474. The molecule has 94 valence electrons. The molecule has 1 rings (SSSR count). The van der Waals surface area contributed by atoms with E-state index in [2.05, 4.69) is 0 Å². The number of Topliss-reactive ketones (excluding diaryl/α,β-unsaturated/α-hetero) is 1. The number of sulfone groups is 1. The van der Waals surface area contributed by atoms with E-state index in [4.69, 9.17) is 4.74 Å². The van der Waals surface area contributed by atoms with E-state index in [1.165, 1.54) is 0 Å². The minimum absolute atomic E-state index is 0.388. The summed E-state index contributed by atoms with van der Waals surface area (Å²) in [6.07, 6.45) is 1.96. The van der Waals surface area contributed by atoms with Crippen molar-refractivity contribution in [3.63, 3.8) is 0 Å². The molecule has 17 heavy (non-hydrogen) atoms. The highest BCUT2D eigenvalue weighted by Crippen LogP contribution is 2.13. The molecule has 0 spiro atoms. The van der Waals surface area contributed by atoms with Gasteiger partial charge in [-0.2, -0.15) is 0 Å². The summed E-state index contributed by atoms with van der Waals surface area (Å²) in [7, 11) is -3.28. The second-order valence-corrected chi connectivity index (χ2v) is 6.01. The zero-order valence-electron chi connectivity index (χ0n) is 9.97. The van der Waals surface area contributed by atoms with Crippen molar-refractivity contribution >= 4 is 15.6 Å². The molecule has 0 N–H and O–H groups in total. The van der Waals surface area contributed by atoms with E-state index >= 15 is 0 Å². The average molecular weight is 256 g/mol. The number of carbonyl (C=O) groups is 1. The van der Waals surface area contributed by atoms with E-state index < -0.39 is 21.4 Å². The summed E-state index contributed by atoms with van der Waals surface area (Å²) >= 11 is 0. The molecular weight excluding hydrogens is 240 g/mol. The van der Waals surface area contributed by atoms with Gasteiger partial charge in [-0.3, -0.25) is 4.79 Å². The normalized spacial score (nSPS) is 11.2. The highest BCUT2D eigenvalue weighted by molar-refractivity contribution is 7.91. The molecule has 0 unspecified atom stereocenters. The van der Waals surface area contributed by atoms with Gasteiger partial charge in [0.25, 0.3) is 0 Å². The summed E-state index contributed by atoms with van der Waals surface area (Å²) in [5, 5.41) is 0. The molecule has 0 saturated heterocycles. The number of rotatable bonds is 6. The Balaban J connectivity index is 2.70. The van der Waals surface area contributed by atoms with Crippen molar-refractivity contribution in [2.24, 2.45) is 0 Å². The molecule has 4 nitrogen and oxygen atoms in total. The van der Waals surface area contributed by atoms with E-state index in [9.17, 15) is 13.2 Å². The van der Waals surface area contributed by atoms with E-state index in [1.807, 2.05) is 6.92 Å². The van der Waals surface area contributed by atoms with Gasteiger partial charge in [-0.15, -0.1) is 0 Å². The predicted octanol–water partition coefficient (Wildman–Crippen LogP) is 1.70. The Hall–Kier alpha value is -1.36. The predicted molar refractivity (Wildman–Crippen MR) is 66.3 cm³/mol. The second-order valence-electron chi connectivity index (χ2n) is 3.87. The third kappa shape index (κ3) is 4.99. The number of ketones is 1. The first-order valence-corrected chi connectivity index (χ1v) is 7.42. The van der Waals surface area contributed by atoms with E-state index in [1.54, 1.807) is 24.3 Å². The van der Waals surface area contributed by atoms with Gasteiger partial charge in [-0.1, -0.05) is 6.92 Å². The molecule has 1 aromatic rings. The molecule has 0 atom stereocenters. The van der Waals surface area contributed by atoms with Crippen LogP contribution < -0.4 is 4.74 Å². The van der Waals surface area contributed by atoms with Crippen molar-refractivity contribution < 1.29 is 17.9 Å². The van der Waals surface area contributed by atoms with Gasteiger partial charge in [0.15, 0.2) is 15.6 Å². The lowest BCUT2D eigenvalue weighted by molar-refractivity contribution is 0.102. The minimum atomic E-state index is -3.28. The van der Waals surface area contributed by atoms with E-state index in [-0.39, 0.29) is 0 Å². The minimum Gasteiger partial charge on any atom is -0.494 e. The summed E-state index contributed by atoms with van der Waals surface area (Å²) in [6.45, 7) is 2.63. The lowest BCUT2D eigenvalue weighted by Gasteiger charge is -2.05. The first kappa shape index (κ1) is 13.7. The van der Waals surface area contributed by atoms with Gasteiger partial charge in [-0.25, -0.2) is 8.42 Å². The summed E-state index contributed by atoms with van der Waals surface area (Å²) in [5.74, 6) is -0.167. The van der Waals surface area contributed by atoms with Crippen LogP contribution in [0.4, 0.5) is 0 Å². The zero-order valence-corrected chi connectivity index (χ0v) is 10.8. The van der Waals surface area contributed by atoms with Crippen molar-refractivity contribution in [3.8, 4) is 5.75 Å². The number of benzene rings is 1. The number of hydrogen-bond donors (Lipinski definition) is 0. The van der Waals surface area contributed by atoms with E-state index in [0.717, 1.165) is 12.7 Å². The largest absolute Gasteiger partial charge is 0.494 e. The lowest BCUT2D eigenvalue weighted by atomic mass is 10.1. The van der Waals surface area contributed by atoms with Crippen LogP contribution in [0.15, 0.2) is 24.3 Å². The smallest absolute Gasteiger partial charge is 0.177 e. The van der Waals surface area contributed by atoms with Gasteiger partial charge in [0.2, 0.25) is 0 Å². The van der Waals surface area contributed by atoms with Gasteiger partial charge in [0, 0.05) is 11.8 Å². The molecule has 0 aliphatic rings. The molecule has 5 heteroatoms. The first-order valence-electron chi connectivity index (χ1n) is 5.36. The highest BCUT2D eigenvalue weighted by Gasteiger charge is 2.12. The maximum absolute atomic E-state index is 11.6. The van der Waals surface area contributed by atoms with E-state index in [0.29, 0.717) is 17.9 Å². The number of ether oxygens (including phenoxy) is 1. The van der Waals surface area contributed by atoms with Crippen molar-refractivity contribution in [3.05, 3.63) is 29.8 Å². The van der Waals surface area contributed by atoms with Crippen molar-refractivity contribution in [1.29, 1.82) is 0 Å². The molecule has 0 fully saturated rings. The van der Waals surface area contributed by atoms with Gasteiger partial charge in [-0.05, 0) is 30.7 Å². The van der Waals surface area contributed by atoms with Crippen molar-refractivity contribution in [2.45, 2.75) is 13.3 Å². The fourth-order valence-electron chi connectivity index (χ4n) is 1.28. The maximum atomic E-state index is 11.6. The van der Waals surface area contributed by atoms with Gasteiger partial charge >= 0.3 is 0 Å². The van der Waals surface area contributed by atoms with Crippen LogP contribution in [0, 0.1) is 0 Å². The van der Waals surface area contributed by atoms with Gasteiger partial charge in [0.1, 0.15) is 11.5 Å². The van der Waals surface area contributed by atoms with Crippen LogP contribution in [-0.4, -0.2) is 32.8 Å². The summed E-state index contributed by atoms with van der Waals surface area (Å²) in [5.41, 5.74) is 0.388. The zero-order chi connectivity index (χ0) is 12.9. The summed E-state index contributed by atoms with van der Waals surface area (Å²) in [4.78, 5) is 11.6. The Morgan fingerprint density at radius 1 is 1.24 bits per heavy atom. The first-order chi connectivity index (χ1) is 7.92. The quantitative estimate of drug-likeness (QED) is 0.727. The van der Waals surface area contributed by atoms with Crippen LogP contribution in [0.25, 0.3) is 0 Å². The third-order valence-electron chi connectivity index (χ3n) is 2.04. The van der Waals surface area contributed by atoms with Crippen LogP contribution in [0.1, 0.15) is 23.7 Å². The molecule has 0 aliphatic carbocycles. The molecule has 0 bridgehead atoms. The summed E-state index contributed by atoms with van der Waals surface area (Å²) in [6, 6.07) is 6.51. The van der Waals surface area contributed by atoms with Crippen molar-refractivity contribution in [1.82, 2.24) is 0 Å². The molecule has 0 aromatic heterocycles. The molecule has 0 amide bonds. The SMILES string of the molecule is CCCOc1ccc(C(=O)CS(C)(=O)=O)cc1. The standard InChI is InChI=1S/C12H16O4S/c1-3-8-16-11-6-4-10(5-7-11)12(13)9-17(2,14)15/h4-7H,3,8-9H2,1-2H3. The number of hydrogen-bond acceptors (Lipinski definition) is 4. The van der Waals surface area contributed by atoms with Crippen molar-refractivity contribution in [2.75, 3.05) is 18.6 Å². The monoisotopic (exact) mass is 256 g/mol. The van der Waals surface area contributed by atoms with Gasteiger partial charge < -0.3 is 4.74 Å². The highest BCUT2D eigenvalue weighted by atomic mass is 32.2. The van der Waals surface area contributed by atoms with Crippen LogP contribution in [0.5, 0.6) is 5.75 Å². The Morgan fingerprint density at radius 2 is 1.82 bits per heavy atom. The Labute approximate surface area is 102 Å². The van der Waals surface area contributed by atoms with Crippen LogP contribution in [0.2, 0.25) is 0 Å². The summed E-state index contributed by atoms with van der Waals surface area (Å²) < 4.78 is 27.3. The van der Waals surface area contributed by atoms with Crippen LogP contribution in [0.3, 0.4) is 0 Å². The molecule has 1 aromatic carbocycles. The second kappa shape index (κ2) is 5.82. The fourth-order valence-corrected chi connectivity index (χ4v) is 1.92. The Morgan fingerprint density at radius 3 is 2.29 bits per heavy atom. The number of carbonyl (C=O) groups excluding carboxylic acids is 1. The van der Waals surface area contributed by atoms with Crippen LogP contribution >= 0.6 is 0 Å². The molecule has 0 saturated carbocycles. The topological polar surface area (TPSA) is 60.4 Å². The maximum Gasteiger partial charge on any atom is 0.177 e. The van der Waals surface area contributed by atoms with Gasteiger partial charge in [0.05, 0.1) is 6.61 Å². The average Bonchev–Trinajstić information content (AvgIpc) is 2.24. The third-order valence-corrected chi connectivity index (χ3v) is 2.83. The van der Waals surface area contributed by atoms with Crippen LogP contribution in [-0.2, 0) is 9.84 Å². The molecule has 0 heterocycles. The molecular formula is C12H16O4S. The molecule has 0 aliphatic heterocycles. The lowest BCUT2D eigenvalue weighted by Crippen LogP contribution is -2.14.